The molecule has 0 fully saturated rings. The van der Waals surface area contributed by atoms with Crippen LogP contribution >= 0.6 is 0 Å². The van der Waals surface area contributed by atoms with E-state index in [0.29, 0.717) is 137 Å². The number of hydrogen-bond acceptors (Lipinski definition) is 24. The maximum Gasteiger partial charge on any atom is 0.246 e. The Labute approximate surface area is 801 Å². The minimum atomic E-state index is -1.87. The third-order valence-corrected chi connectivity index (χ3v) is 23.7. The van der Waals surface area contributed by atoms with Gasteiger partial charge in [0.05, 0.1) is 19.1 Å². The standard InChI is InChI=1S/C95H151N25O17/c1-59(79(103)123)107-77(121)57-106-84(128)74(53-63-33-13-11-14-34-63)118-93(137)95(6)46-26-10-8-7-9-25-45-94(5,92(136)110-61(3)81(125)117-76(90(134)109-62(4)82(126)119-95)55-65-56-104-68-39-18-17-37-66(65)68)120-91(135)75(54-64-35-15-12-16-36-64)111-78(122)58-105-80(124)60(2)108-85(129)69(40-20-28-48-97)113-87(131)71(42-22-30-50-99)115-89(133)73(44-24-32-52-101)116-88(132)72(43-23-31-51-100)114-86(130)70(41-21-29-49-98)112-83(127)67(102)38-19-27-47-96/h7-8,11-18,33-37,39,56,59-62,67,69-76,104H,9-10,19-32,38,40-55,57-58,96-102H2,1-6H3,(H2,103,123)(H,105,124)(H,106,128)(H,107,121)(H,108,129)(H,109,134)(H,110,136)(H,111,122)(H,112,127)(H,113,131)(H,114,130)(H,115,133)(H,116,132)(H,117,125)(H,118,137)(H,119,126)(H,120,135)/b8-7-/t59-,60-,61-,62-,67-,69-,70-,71-,72-,73-,74-,75-,76-,94-,95-/m0/s1. The summed E-state index contributed by atoms with van der Waals surface area (Å²) >= 11 is 0. The number of rotatable bonds is 55. The van der Waals surface area contributed by atoms with Gasteiger partial charge in [-0.25, -0.2) is 0 Å². The number of nitrogens with one attached hydrogen (secondary N) is 17. The summed E-state index contributed by atoms with van der Waals surface area (Å²) in [5.74, 6) is -13.5. The molecule has 2 heterocycles. The molecule has 137 heavy (non-hydrogen) atoms. The van der Waals surface area contributed by atoms with Gasteiger partial charge in [0.2, 0.25) is 100 Å². The summed E-state index contributed by atoms with van der Waals surface area (Å²) in [5, 5.41) is 43.8. The van der Waals surface area contributed by atoms with E-state index in [9.17, 15) is 71.9 Å². The van der Waals surface area contributed by atoms with Gasteiger partial charge in [-0.2, -0.15) is 0 Å². The topological polar surface area (TPSA) is 707 Å². The van der Waals surface area contributed by atoms with E-state index in [2.05, 4.69) is 90.1 Å². The SMILES string of the molecule is C[C@H](NC(=O)CNC(=O)[C@H](Cc1ccccc1)NC(=O)[C@]1(C)CCC/C=C\CCC[C@](C)(NC(=O)[C@H](Cc2ccccc2)NC(=O)CNC(=O)[C@H](C)NC(=O)[C@H](CCCCN)NC(=O)[C@H](CCCCN)NC(=O)[C@H](CCCCN)NC(=O)[C@H](CCCCN)NC(=O)[C@H](CCCCN)NC(=O)[C@@H](N)CCCCN)C(=O)N[C@@H](C)C(=O)N[C@@H](Cc2c[nH]c3ccccc23)C(=O)N[C@@H](C)C(=O)N1)C(N)=O. The van der Waals surface area contributed by atoms with E-state index in [1.165, 1.54) is 41.5 Å². The first-order valence-corrected chi connectivity index (χ1v) is 47.8. The lowest BCUT2D eigenvalue weighted by Crippen LogP contribution is -2.64. The normalized spacial score (nSPS) is 19.2. The fourth-order valence-corrected chi connectivity index (χ4v) is 15.3. The fourth-order valence-electron chi connectivity index (χ4n) is 15.3. The molecule has 0 saturated carbocycles. The average molecular weight is 1920 g/mol. The molecule has 4 aromatic rings. The van der Waals surface area contributed by atoms with Crippen molar-refractivity contribution in [3.8, 4) is 0 Å². The first kappa shape index (κ1) is 115. The number of para-hydroxylation sites is 1. The van der Waals surface area contributed by atoms with Gasteiger partial charge in [-0.05, 0) is 251 Å². The molecule has 42 heteroatoms. The van der Waals surface area contributed by atoms with Crippen LogP contribution in [0.5, 0.6) is 0 Å². The first-order valence-electron chi connectivity index (χ1n) is 47.8. The lowest BCUT2D eigenvalue weighted by atomic mass is 9.91. The molecule has 33 N–H and O–H groups in total. The van der Waals surface area contributed by atoms with Crippen molar-refractivity contribution in [3.63, 3.8) is 0 Å². The van der Waals surface area contributed by atoms with Crippen molar-refractivity contribution in [1.82, 2.24) is 90.1 Å². The average Bonchev–Trinajstić information content (AvgIpc) is 1.75. The Morgan fingerprint density at radius 1 is 0.416 bits per heavy atom. The molecule has 0 aliphatic carbocycles. The van der Waals surface area contributed by atoms with Crippen LogP contribution in [-0.2, 0) is 101 Å². The molecule has 0 radical (unpaired) electrons. The van der Waals surface area contributed by atoms with Gasteiger partial charge in [0.1, 0.15) is 83.6 Å². The number of carbonyl (C=O) groups is 17. The highest BCUT2D eigenvalue weighted by Gasteiger charge is 2.43. The molecule has 758 valence electrons. The Morgan fingerprint density at radius 3 is 1.29 bits per heavy atom. The largest absolute Gasteiger partial charge is 0.368 e. The van der Waals surface area contributed by atoms with Gasteiger partial charge < -0.3 is 136 Å². The summed E-state index contributed by atoms with van der Waals surface area (Å²) < 4.78 is 0. The number of benzene rings is 3. The van der Waals surface area contributed by atoms with Crippen LogP contribution < -0.4 is 131 Å². The Morgan fingerprint density at radius 2 is 0.825 bits per heavy atom. The molecular formula is C95H151N25O17. The molecule has 0 bridgehead atoms. The maximum atomic E-state index is 15.1. The zero-order valence-corrected chi connectivity index (χ0v) is 80.1. The molecule has 3 aromatic carbocycles. The molecule has 42 nitrogen and oxygen atoms in total. The Hall–Kier alpha value is -12.4. The second-order valence-electron chi connectivity index (χ2n) is 35.5. The molecule has 1 aliphatic heterocycles. The lowest BCUT2D eigenvalue weighted by Gasteiger charge is -2.33. The van der Waals surface area contributed by atoms with Gasteiger partial charge in [-0.1, -0.05) is 97.4 Å². The molecule has 0 unspecified atom stereocenters. The highest BCUT2D eigenvalue weighted by atomic mass is 16.2. The number of allylic oxidation sites excluding steroid dienone is 2. The lowest BCUT2D eigenvalue weighted by molar-refractivity contribution is -0.138. The molecule has 5 rings (SSSR count). The summed E-state index contributed by atoms with van der Waals surface area (Å²) in [6.45, 7) is 8.67. The maximum absolute atomic E-state index is 15.1. The van der Waals surface area contributed by atoms with Crippen molar-refractivity contribution in [2.45, 2.75) is 305 Å². The number of fused-ring (bicyclic) bond motifs is 1. The highest BCUT2D eigenvalue weighted by molar-refractivity contribution is 6.02. The van der Waals surface area contributed by atoms with E-state index in [0.717, 1.165) is 0 Å². The van der Waals surface area contributed by atoms with Gasteiger partial charge >= 0.3 is 0 Å². The van der Waals surface area contributed by atoms with Crippen LogP contribution in [0, 0.1) is 0 Å². The summed E-state index contributed by atoms with van der Waals surface area (Å²) in [6.07, 6.45) is 11.8. The van der Waals surface area contributed by atoms with Gasteiger partial charge in [0.15, 0.2) is 0 Å². The van der Waals surface area contributed by atoms with Crippen LogP contribution in [0.1, 0.15) is 212 Å². The van der Waals surface area contributed by atoms with E-state index in [1.54, 1.807) is 85.1 Å². The van der Waals surface area contributed by atoms with Crippen LogP contribution in [-0.4, -0.2) is 247 Å². The quantitative estimate of drug-likeness (QED) is 0.0161. The molecular weight excluding hydrogens is 1760 g/mol. The number of hydrogen-bond donors (Lipinski definition) is 25. The van der Waals surface area contributed by atoms with E-state index in [1.807, 2.05) is 18.2 Å². The number of primary amides is 1. The number of aromatic amines is 1. The van der Waals surface area contributed by atoms with Crippen molar-refractivity contribution in [3.05, 3.63) is 120 Å². The Bertz CT molecular complexity index is 4600. The number of carbonyl (C=O) groups excluding carboxylic acids is 17. The summed E-state index contributed by atoms with van der Waals surface area (Å²) in [7, 11) is 0. The van der Waals surface area contributed by atoms with Crippen LogP contribution in [0.25, 0.3) is 10.9 Å². The predicted molar refractivity (Wildman–Crippen MR) is 519 cm³/mol. The minimum absolute atomic E-state index is 0.00128. The Kier molecular flexibility index (Phi) is 51.8. The third-order valence-electron chi connectivity index (χ3n) is 23.7. The summed E-state index contributed by atoms with van der Waals surface area (Å²) in [5.41, 5.74) is 45.3. The fraction of sp³-hybridized carbons (Fsp3) is 0.589. The third kappa shape index (κ3) is 41.2. The van der Waals surface area contributed by atoms with Crippen molar-refractivity contribution in [2.75, 3.05) is 52.4 Å². The van der Waals surface area contributed by atoms with E-state index < -0.39 is 203 Å². The molecule has 1 aliphatic rings. The number of H-pyrrole nitrogens is 1. The first-order chi connectivity index (χ1) is 65.4. The molecule has 0 spiro atoms. The monoisotopic (exact) mass is 1910 g/mol. The van der Waals surface area contributed by atoms with Gasteiger partial charge in [-0.3, -0.25) is 81.5 Å². The van der Waals surface area contributed by atoms with Crippen molar-refractivity contribution < 1.29 is 81.5 Å². The van der Waals surface area contributed by atoms with Gasteiger partial charge in [-0.15, -0.1) is 0 Å². The van der Waals surface area contributed by atoms with Crippen molar-refractivity contribution in [2.24, 2.45) is 45.9 Å². The molecule has 0 saturated heterocycles. The number of amides is 17. The predicted octanol–water partition coefficient (Wildman–Crippen LogP) is -2.43. The van der Waals surface area contributed by atoms with Crippen LogP contribution in [0.15, 0.2) is 103 Å². The second-order valence-corrected chi connectivity index (χ2v) is 35.5. The van der Waals surface area contributed by atoms with Crippen LogP contribution in [0.2, 0.25) is 0 Å². The number of aromatic nitrogens is 1. The highest BCUT2D eigenvalue weighted by Crippen LogP contribution is 2.24. The molecule has 15 atom stereocenters. The van der Waals surface area contributed by atoms with E-state index in [4.69, 9.17) is 45.9 Å². The number of unbranched alkanes of at least 4 members (excludes halogenated alkanes) is 6. The Balaban J connectivity index is 1.38. The van der Waals surface area contributed by atoms with Crippen molar-refractivity contribution in [1.29, 1.82) is 0 Å². The summed E-state index contributed by atoms with van der Waals surface area (Å²) in [6, 6.07) is 7.74. The number of nitrogens with two attached hydrogens (primary N) is 8. The van der Waals surface area contributed by atoms with Gasteiger partial charge in [0, 0.05) is 36.4 Å². The van der Waals surface area contributed by atoms with Crippen LogP contribution in [0.4, 0.5) is 0 Å². The van der Waals surface area contributed by atoms with Crippen molar-refractivity contribution >= 4 is 111 Å². The zero-order chi connectivity index (χ0) is 101. The molecule has 17 amide bonds. The van der Waals surface area contributed by atoms with Crippen LogP contribution in [0.3, 0.4) is 0 Å². The van der Waals surface area contributed by atoms with E-state index >= 15 is 9.59 Å². The zero-order valence-electron chi connectivity index (χ0n) is 80.1. The van der Waals surface area contributed by atoms with E-state index in [-0.39, 0.29) is 103 Å². The van der Waals surface area contributed by atoms with Gasteiger partial charge in [0.25, 0.3) is 0 Å². The smallest absolute Gasteiger partial charge is 0.246 e. The molecule has 1 aromatic heterocycles. The summed E-state index contributed by atoms with van der Waals surface area (Å²) in [4.78, 5) is 245. The minimum Gasteiger partial charge on any atom is -0.368 e. The second kappa shape index (κ2) is 61.7.